The third-order valence-electron chi connectivity index (χ3n) is 3.79. The first kappa shape index (κ1) is 14.4. The number of benzene rings is 1. The van der Waals surface area contributed by atoms with E-state index in [-0.39, 0.29) is 17.2 Å². The number of aliphatic carboxylic acids is 1. The molecule has 1 amide bonds. The van der Waals surface area contributed by atoms with Crippen molar-refractivity contribution in [3.63, 3.8) is 0 Å². The van der Waals surface area contributed by atoms with Gasteiger partial charge in [0, 0.05) is 6.54 Å². The molecule has 1 aliphatic rings. The van der Waals surface area contributed by atoms with Gasteiger partial charge in [0.15, 0.2) is 0 Å². The first-order valence-electron chi connectivity index (χ1n) is 6.73. The molecule has 5 heteroatoms. The predicted molar refractivity (Wildman–Crippen MR) is 73.7 cm³/mol. The molecule has 0 radical (unpaired) electrons. The number of amides is 1. The second kappa shape index (κ2) is 5.53. The number of hydrogen-bond donors (Lipinski definition) is 2. The number of likely N-dealkylation sites (tertiary alicyclic amines) is 1. The summed E-state index contributed by atoms with van der Waals surface area (Å²) in [6.07, 6.45) is 1.23. The summed E-state index contributed by atoms with van der Waals surface area (Å²) in [5, 5.41) is 19.1. The molecule has 1 heterocycles. The monoisotopic (exact) mass is 277 g/mol. The minimum Gasteiger partial charge on any atom is -0.507 e. The van der Waals surface area contributed by atoms with Gasteiger partial charge in [-0.25, -0.2) is 4.79 Å². The van der Waals surface area contributed by atoms with Crippen molar-refractivity contribution in [1.82, 2.24) is 4.90 Å². The van der Waals surface area contributed by atoms with Gasteiger partial charge in [-0.1, -0.05) is 18.6 Å². The molecule has 0 saturated carbocycles. The van der Waals surface area contributed by atoms with Crippen molar-refractivity contribution < 1.29 is 19.8 Å². The fraction of sp³-hybridized carbons (Fsp3) is 0.467. The Bertz CT molecular complexity index is 541. The Morgan fingerprint density at radius 2 is 2.05 bits per heavy atom. The van der Waals surface area contributed by atoms with Gasteiger partial charge >= 0.3 is 5.97 Å². The predicted octanol–water partition coefficient (Wildman–Crippen LogP) is 2.03. The topological polar surface area (TPSA) is 77.8 Å². The number of aromatic hydroxyl groups is 1. The van der Waals surface area contributed by atoms with Crippen LogP contribution in [0.2, 0.25) is 0 Å². The van der Waals surface area contributed by atoms with Gasteiger partial charge in [0.2, 0.25) is 0 Å². The average molecular weight is 277 g/mol. The second-order valence-electron chi connectivity index (χ2n) is 5.50. The van der Waals surface area contributed by atoms with Crippen LogP contribution in [0.3, 0.4) is 0 Å². The van der Waals surface area contributed by atoms with Gasteiger partial charge in [0.1, 0.15) is 11.8 Å². The lowest BCUT2D eigenvalue weighted by Gasteiger charge is -2.36. The van der Waals surface area contributed by atoms with Crippen LogP contribution >= 0.6 is 0 Å². The molecule has 1 saturated heterocycles. The number of hydrogen-bond acceptors (Lipinski definition) is 3. The smallest absolute Gasteiger partial charge is 0.326 e. The van der Waals surface area contributed by atoms with Gasteiger partial charge in [0.25, 0.3) is 5.91 Å². The van der Waals surface area contributed by atoms with Crippen molar-refractivity contribution in [1.29, 1.82) is 0 Å². The summed E-state index contributed by atoms with van der Waals surface area (Å²) < 4.78 is 0. The number of phenolic OH excluding ortho intramolecular Hbond substituents is 1. The van der Waals surface area contributed by atoms with E-state index in [0.29, 0.717) is 13.0 Å². The maximum atomic E-state index is 12.5. The highest BCUT2D eigenvalue weighted by Crippen LogP contribution is 2.27. The van der Waals surface area contributed by atoms with Crippen LogP contribution in [0.4, 0.5) is 0 Å². The van der Waals surface area contributed by atoms with Crippen molar-refractivity contribution >= 4 is 11.9 Å². The molecule has 108 valence electrons. The zero-order valence-electron chi connectivity index (χ0n) is 11.7. The zero-order chi connectivity index (χ0) is 14.9. The summed E-state index contributed by atoms with van der Waals surface area (Å²) in [6, 6.07) is 3.95. The van der Waals surface area contributed by atoms with Crippen molar-refractivity contribution in [2.24, 2.45) is 5.92 Å². The summed E-state index contributed by atoms with van der Waals surface area (Å²) in [5.74, 6) is -1.22. The lowest BCUT2D eigenvalue weighted by molar-refractivity contribution is -0.144. The molecule has 2 N–H and O–H groups in total. The molecule has 0 aliphatic carbocycles. The molecule has 1 aromatic rings. The fourth-order valence-corrected chi connectivity index (χ4v) is 2.59. The molecular weight excluding hydrogens is 258 g/mol. The maximum Gasteiger partial charge on any atom is 0.326 e. The van der Waals surface area contributed by atoms with Crippen LogP contribution in [0.15, 0.2) is 18.2 Å². The lowest BCUT2D eigenvalue weighted by Crippen LogP contribution is -2.49. The highest BCUT2D eigenvalue weighted by atomic mass is 16.4. The minimum atomic E-state index is -0.989. The molecule has 2 unspecified atom stereocenters. The van der Waals surface area contributed by atoms with Crippen molar-refractivity contribution in [3.05, 3.63) is 29.3 Å². The number of phenols is 1. The number of carbonyl (C=O) groups is 2. The molecule has 2 rings (SSSR count). The van der Waals surface area contributed by atoms with Gasteiger partial charge in [-0.15, -0.1) is 0 Å². The highest BCUT2D eigenvalue weighted by Gasteiger charge is 2.35. The van der Waals surface area contributed by atoms with Crippen LogP contribution < -0.4 is 0 Å². The van der Waals surface area contributed by atoms with E-state index in [2.05, 4.69) is 0 Å². The molecule has 1 aromatic carbocycles. The van der Waals surface area contributed by atoms with Crippen LogP contribution in [-0.2, 0) is 4.79 Å². The molecule has 0 bridgehead atoms. The number of aryl methyl sites for hydroxylation is 1. The van der Waals surface area contributed by atoms with Gasteiger partial charge in [-0.05, 0) is 37.8 Å². The van der Waals surface area contributed by atoms with Crippen LogP contribution in [0, 0.1) is 12.8 Å². The van der Waals surface area contributed by atoms with Crippen LogP contribution in [0.1, 0.15) is 35.7 Å². The zero-order valence-corrected chi connectivity index (χ0v) is 11.7. The average Bonchev–Trinajstić information content (AvgIpc) is 2.40. The van der Waals surface area contributed by atoms with E-state index in [1.165, 1.54) is 11.0 Å². The van der Waals surface area contributed by atoms with Crippen LogP contribution in [0.5, 0.6) is 5.75 Å². The normalized spacial score (nSPS) is 22.6. The van der Waals surface area contributed by atoms with Gasteiger partial charge < -0.3 is 15.1 Å². The number of carboxylic acid groups (broad SMARTS) is 1. The summed E-state index contributed by atoms with van der Waals surface area (Å²) in [4.78, 5) is 25.2. The Kier molecular flexibility index (Phi) is 3.97. The van der Waals surface area contributed by atoms with E-state index in [1.54, 1.807) is 12.1 Å². The fourth-order valence-electron chi connectivity index (χ4n) is 2.59. The van der Waals surface area contributed by atoms with Crippen molar-refractivity contribution in [3.8, 4) is 5.75 Å². The van der Waals surface area contributed by atoms with Crippen LogP contribution in [0.25, 0.3) is 0 Å². The highest BCUT2D eigenvalue weighted by molar-refractivity contribution is 5.99. The molecule has 0 spiro atoms. The Balaban J connectivity index is 2.31. The van der Waals surface area contributed by atoms with E-state index >= 15 is 0 Å². The van der Waals surface area contributed by atoms with E-state index < -0.39 is 17.9 Å². The Morgan fingerprint density at radius 3 is 2.70 bits per heavy atom. The number of piperidine rings is 1. The third-order valence-corrected chi connectivity index (χ3v) is 3.79. The molecular formula is C15H19NO4. The summed E-state index contributed by atoms with van der Waals surface area (Å²) in [5.41, 5.74) is 1.02. The summed E-state index contributed by atoms with van der Waals surface area (Å²) >= 11 is 0. The number of carbonyl (C=O) groups excluding carboxylic acids is 1. The maximum absolute atomic E-state index is 12.5. The molecule has 1 fully saturated rings. The quantitative estimate of drug-likeness (QED) is 0.867. The van der Waals surface area contributed by atoms with Crippen molar-refractivity contribution in [2.45, 2.75) is 32.7 Å². The first-order chi connectivity index (χ1) is 9.40. The summed E-state index contributed by atoms with van der Waals surface area (Å²) in [7, 11) is 0. The van der Waals surface area contributed by atoms with E-state index in [9.17, 15) is 19.8 Å². The standard InChI is InChI=1S/C15H19NO4/c1-9-3-4-13(17)11(7-9)14(18)16-6-5-10(2)8-12(16)15(19)20/h3-4,7,10,12,17H,5-6,8H2,1-2H3,(H,19,20). The largest absolute Gasteiger partial charge is 0.507 e. The molecule has 1 aliphatic heterocycles. The lowest BCUT2D eigenvalue weighted by atomic mass is 9.91. The first-order valence-corrected chi connectivity index (χ1v) is 6.73. The SMILES string of the molecule is Cc1ccc(O)c(C(=O)N2CCC(C)CC2C(=O)O)c1. The Labute approximate surface area is 117 Å². The Hall–Kier alpha value is -2.04. The van der Waals surface area contributed by atoms with Crippen molar-refractivity contribution in [2.75, 3.05) is 6.54 Å². The van der Waals surface area contributed by atoms with Gasteiger partial charge in [-0.3, -0.25) is 4.79 Å². The number of carboxylic acids is 1. The van der Waals surface area contributed by atoms with Crippen LogP contribution in [-0.4, -0.2) is 39.6 Å². The Morgan fingerprint density at radius 1 is 1.35 bits per heavy atom. The third kappa shape index (κ3) is 2.76. The van der Waals surface area contributed by atoms with Gasteiger partial charge in [0.05, 0.1) is 5.56 Å². The van der Waals surface area contributed by atoms with E-state index in [4.69, 9.17) is 0 Å². The number of rotatable bonds is 2. The molecule has 2 atom stereocenters. The number of nitrogens with zero attached hydrogens (tertiary/aromatic N) is 1. The molecule has 0 aromatic heterocycles. The molecule has 20 heavy (non-hydrogen) atoms. The molecule has 5 nitrogen and oxygen atoms in total. The second-order valence-corrected chi connectivity index (χ2v) is 5.50. The van der Waals surface area contributed by atoms with E-state index in [0.717, 1.165) is 12.0 Å². The van der Waals surface area contributed by atoms with E-state index in [1.807, 2.05) is 13.8 Å². The van der Waals surface area contributed by atoms with Gasteiger partial charge in [-0.2, -0.15) is 0 Å². The minimum absolute atomic E-state index is 0.108. The summed E-state index contributed by atoms with van der Waals surface area (Å²) in [6.45, 7) is 4.22.